The van der Waals surface area contributed by atoms with Crippen molar-refractivity contribution in [3.8, 4) is 0 Å². The molecule has 3 heteroatoms. The van der Waals surface area contributed by atoms with E-state index in [1.54, 1.807) is 0 Å². The fraction of sp³-hybridized carbons (Fsp3) is 1.00. The number of ether oxygens (including phenoxy) is 1. The van der Waals surface area contributed by atoms with Gasteiger partial charge in [-0.2, -0.15) is 11.8 Å². The van der Waals surface area contributed by atoms with Crippen molar-refractivity contribution in [2.75, 3.05) is 25.2 Å². The predicted octanol–water partition coefficient (Wildman–Crippen LogP) is 2.93. The van der Waals surface area contributed by atoms with Gasteiger partial charge in [0.1, 0.15) is 0 Å². The normalized spacial score (nSPS) is 30.5. The van der Waals surface area contributed by atoms with E-state index in [0.717, 1.165) is 19.1 Å². The van der Waals surface area contributed by atoms with Gasteiger partial charge in [-0.1, -0.05) is 15.9 Å². The number of hydrogen-bond acceptors (Lipinski definition) is 2. The topological polar surface area (TPSA) is 9.23 Å². The number of hydrogen-bond donors (Lipinski definition) is 0. The van der Waals surface area contributed by atoms with Crippen molar-refractivity contribution in [1.29, 1.82) is 0 Å². The first-order valence-electron chi connectivity index (χ1n) is 4.55. The van der Waals surface area contributed by atoms with Gasteiger partial charge in [0.2, 0.25) is 0 Å². The van der Waals surface area contributed by atoms with Gasteiger partial charge in [-0.25, -0.2) is 0 Å². The molecule has 1 nitrogen and oxygen atoms in total. The Bertz CT molecular complexity index is 121. The molecular formula is C9H17BrOS. The highest BCUT2D eigenvalue weighted by molar-refractivity contribution is 9.09. The molecule has 0 aliphatic carbocycles. The van der Waals surface area contributed by atoms with Crippen LogP contribution in [0.5, 0.6) is 0 Å². The summed E-state index contributed by atoms with van der Waals surface area (Å²) in [4.78, 5) is 0.702. The third-order valence-corrected chi connectivity index (χ3v) is 4.21. The highest BCUT2D eigenvalue weighted by Crippen LogP contribution is 2.26. The molecule has 0 aromatic rings. The number of thioether (sulfide) groups is 1. The lowest BCUT2D eigenvalue weighted by molar-refractivity contribution is 0.0572. The maximum absolute atomic E-state index is 5.45. The van der Waals surface area contributed by atoms with E-state index < -0.39 is 0 Å². The van der Waals surface area contributed by atoms with Gasteiger partial charge in [0.05, 0.1) is 6.61 Å². The summed E-state index contributed by atoms with van der Waals surface area (Å²) in [5.74, 6) is 2.04. The smallest absolute Gasteiger partial charge is 0.0504 e. The van der Waals surface area contributed by atoms with Crippen molar-refractivity contribution >= 4 is 27.7 Å². The SMILES string of the molecule is CSCCCC1COCCC1Br. The maximum atomic E-state index is 5.45. The van der Waals surface area contributed by atoms with Crippen LogP contribution < -0.4 is 0 Å². The summed E-state index contributed by atoms with van der Waals surface area (Å²) < 4.78 is 5.45. The largest absolute Gasteiger partial charge is 0.381 e. The van der Waals surface area contributed by atoms with E-state index in [-0.39, 0.29) is 0 Å². The van der Waals surface area contributed by atoms with Crippen LogP contribution in [-0.4, -0.2) is 30.0 Å². The van der Waals surface area contributed by atoms with E-state index in [0.29, 0.717) is 4.83 Å². The van der Waals surface area contributed by atoms with E-state index in [9.17, 15) is 0 Å². The molecule has 2 unspecified atom stereocenters. The minimum absolute atomic E-state index is 0.702. The van der Waals surface area contributed by atoms with Crippen LogP contribution in [0.4, 0.5) is 0 Å². The van der Waals surface area contributed by atoms with Crippen LogP contribution in [0, 0.1) is 5.92 Å². The third kappa shape index (κ3) is 3.67. The Morgan fingerprint density at radius 2 is 2.42 bits per heavy atom. The first-order valence-corrected chi connectivity index (χ1v) is 6.86. The molecule has 1 fully saturated rings. The second kappa shape index (κ2) is 6.28. The molecule has 0 saturated carbocycles. The third-order valence-electron chi connectivity index (χ3n) is 2.30. The van der Waals surface area contributed by atoms with Gasteiger partial charge < -0.3 is 4.74 Å². The molecule has 12 heavy (non-hydrogen) atoms. The summed E-state index contributed by atoms with van der Waals surface area (Å²) in [6.07, 6.45) is 6.00. The summed E-state index contributed by atoms with van der Waals surface area (Å²) in [6.45, 7) is 1.90. The zero-order valence-electron chi connectivity index (χ0n) is 7.59. The Balaban J connectivity index is 2.11. The van der Waals surface area contributed by atoms with Gasteiger partial charge in [-0.3, -0.25) is 0 Å². The van der Waals surface area contributed by atoms with Gasteiger partial charge in [0, 0.05) is 11.4 Å². The van der Waals surface area contributed by atoms with E-state index in [2.05, 4.69) is 22.2 Å². The van der Waals surface area contributed by atoms with Crippen LogP contribution in [0.25, 0.3) is 0 Å². The van der Waals surface area contributed by atoms with Crippen molar-refractivity contribution in [2.45, 2.75) is 24.1 Å². The summed E-state index contributed by atoms with van der Waals surface area (Å²) in [5, 5.41) is 0. The van der Waals surface area contributed by atoms with E-state index in [4.69, 9.17) is 4.74 Å². The van der Waals surface area contributed by atoms with Crippen LogP contribution in [-0.2, 0) is 4.74 Å². The molecule has 0 aromatic heterocycles. The van der Waals surface area contributed by atoms with Crippen molar-refractivity contribution in [1.82, 2.24) is 0 Å². The average Bonchev–Trinajstić information content (AvgIpc) is 2.09. The second-order valence-corrected chi connectivity index (χ2v) is 5.44. The summed E-state index contributed by atoms with van der Waals surface area (Å²) in [6, 6.07) is 0. The quantitative estimate of drug-likeness (QED) is 0.562. The minimum Gasteiger partial charge on any atom is -0.381 e. The first-order chi connectivity index (χ1) is 5.84. The van der Waals surface area contributed by atoms with Crippen LogP contribution >= 0.6 is 27.7 Å². The zero-order chi connectivity index (χ0) is 8.81. The molecule has 1 rings (SSSR count). The Labute approximate surface area is 87.8 Å². The van der Waals surface area contributed by atoms with Gasteiger partial charge in [0.25, 0.3) is 0 Å². The Hall–Kier alpha value is 0.790. The second-order valence-electron chi connectivity index (χ2n) is 3.27. The van der Waals surface area contributed by atoms with Gasteiger partial charge in [0.15, 0.2) is 0 Å². The fourth-order valence-corrected chi connectivity index (χ4v) is 2.58. The van der Waals surface area contributed by atoms with Crippen LogP contribution in [0.2, 0.25) is 0 Å². The lowest BCUT2D eigenvalue weighted by atomic mass is 9.97. The Morgan fingerprint density at radius 3 is 3.08 bits per heavy atom. The highest BCUT2D eigenvalue weighted by Gasteiger charge is 2.22. The molecule has 0 amide bonds. The molecule has 0 N–H and O–H groups in total. The molecule has 72 valence electrons. The molecule has 0 bridgehead atoms. The minimum atomic E-state index is 0.702. The van der Waals surface area contributed by atoms with E-state index in [1.807, 2.05) is 11.8 Å². The average molecular weight is 253 g/mol. The summed E-state index contributed by atoms with van der Waals surface area (Å²) in [7, 11) is 0. The summed E-state index contributed by atoms with van der Waals surface area (Å²) in [5.41, 5.74) is 0. The van der Waals surface area contributed by atoms with Crippen LogP contribution in [0.15, 0.2) is 0 Å². The van der Waals surface area contributed by atoms with Crippen molar-refractivity contribution in [3.05, 3.63) is 0 Å². The Kier molecular flexibility index (Phi) is 5.68. The van der Waals surface area contributed by atoms with Gasteiger partial charge in [-0.15, -0.1) is 0 Å². The predicted molar refractivity (Wildman–Crippen MR) is 59.3 cm³/mol. The standard InChI is InChI=1S/C9H17BrOS/c1-12-6-2-3-8-7-11-5-4-9(8)10/h8-9H,2-7H2,1H3. The Morgan fingerprint density at radius 1 is 1.58 bits per heavy atom. The molecule has 1 saturated heterocycles. The van der Waals surface area contributed by atoms with Crippen LogP contribution in [0.3, 0.4) is 0 Å². The molecule has 1 heterocycles. The maximum Gasteiger partial charge on any atom is 0.0504 e. The summed E-state index contributed by atoms with van der Waals surface area (Å²) >= 11 is 5.66. The van der Waals surface area contributed by atoms with E-state index in [1.165, 1.54) is 25.0 Å². The zero-order valence-corrected chi connectivity index (χ0v) is 9.99. The highest BCUT2D eigenvalue weighted by atomic mass is 79.9. The molecule has 1 aliphatic rings. The number of alkyl halides is 1. The van der Waals surface area contributed by atoms with Crippen molar-refractivity contribution in [2.24, 2.45) is 5.92 Å². The lowest BCUT2D eigenvalue weighted by Crippen LogP contribution is -2.27. The van der Waals surface area contributed by atoms with Gasteiger partial charge in [-0.05, 0) is 37.2 Å². The molecule has 0 spiro atoms. The first kappa shape index (κ1) is 10.9. The molecule has 1 aliphatic heterocycles. The number of halogens is 1. The van der Waals surface area contributed by atoms with E-state index >= 15 is 0 Å². The molecule has 0 aromatic carbocycles. The van der Waals surface area contributed by atoms with Gasteiger partial charge >= 0.3 is 0 Å². The van der Waals surface area contributed by atoms with Crippen LogP contribution in [0.1, 0.15) is 19.3 Å². The monoisotopic (exact) mass is 252 g/mol. The van der Waals surface area contributed by atoms with Crippen molar-refractivity contribution < 1.29 is 4.74 Å². The number of rotatable bonds is 4. The lowest BCUT2D eigenvalue weighted by Gasteiger charge is -2.27. The molecular weight excluding hydrogens is 236 g/mol. The fourth-order valence-electron chi connectivity index (χ4n) is 1.52. The van der Waals surface area contributed by atoms with Crippen molar-refractivity contribution in [3.63, 3.8) is 0 Å². The molecule has 0 radical (unpaired) electrons. The molecule has 2 atom stereocenters.